The summed E-state index contributed by atoms with van der Waals surface area (Å²) in [5, 5.41) is 25.5. The monoisotopic (exact) mass is 504 g/mol. The summed E-state index contributed by atoms with van der Waals surface area (Å²) in [7, 11) is 0. The van der Waals surface area contributed by atoms with E-state index >= 15 is 0 Å². The molecule has 1 amide bonds. The number of halogens is 1. The van der Waals surface area contributed by atoms with E-state index in [4.69, 9.17) is 4.98 Å². The van der Waals surface area contributed by atoms with Crippen LogP contribution in [0.4, 0.5) is 4.39 Å². The number of carbonyl (C=O) groups excluding carboxylic acids is 1. The maximum Gasteiger partial charge on any atom is 0.223 e. The minimum atomic E-state index is -1.17. The first-order valence-corrected chi connectivity index (χ1v) is 12.2. The normalized spacial score (nSPS) is 20.2. The van der Waals surface area contributed by atoms with Gasteiger partial charge in [-0.05, 0) is 63.8 Å². The number of hydrogen-bond donors (Lipinski definition) is 3. The van der Waals surface area contributed by atoms with Gasteiger partial charge in [0.05, 0.1) is 47.9 Å². The van der Waals surface area contributed by atoms with Gasteiger partial charge < -0.3 is 10.4 Å². The highest BCUT2D eigenvalue weighted by molar-refractivity contribution is 5.79. The van der Waals surface area contributed by atoms with E-state index in [0.29, 0.717) is 42.9 Å². The van der Waals surface area contributed by atoms with Crippen molar-refractivity contribution in [2.24, 2.45) is 5.92 Å². The van der Waals surface area contributed by atoms with E-state index in [0.717, 1.165) is 28.8 Å². The number of rotatable bonds is 7. The number of aryl methyl sites for hydroxylation is 2. The lowest BCUT2D eigenvalue weighted by Gasteiger charge is -2.24. The first-order valence-electron chi connectivity index (χ1n) is 12.2. The van der Waals surface area contributed by atoms with E-state index in [-0.39, 0.29) is 11.8 Å². The van der Waals surface area contributed by atoms with Crippen LogP contribution in [0.15, 0.2) is 43.0 Å². The molecule has 192 valence electrons. The number of aliphatic hydroxyl groups is 1. The molecule has 0 aliphatic heterocycles. The van der Waals surface area contributed by atoms with Gasteiger partial charge in [0.15, 0.2) is 11.6 Å². The van der Waals surface area contributed by atoms with E-state index in [1.807, 2.05) is 39.0 Å². The lowest BCUT2D eigenvalue weighted by molar-refractivity contribution is -0.126. The standard InChI is InChI=1S/C26H29FN8O2/c1-15-6-20(9-21-8-16(2)33-34-21)32-23(7-15)26(37)5-4-18(10-26)25(36)31-17(3)22-12-29-24(13-28-22)35-14-19(27)11-30-35/h6-8,11-14,17-18,37H,4-5,9-10H2,1-3H3,(H,31,36)(H,33,34)/t17-,18?,26?/m0/s1. The fourth-order valence-electron chi connectivity index (χ4n) is 4.80. The molecular formula is C26H29FN8O2. The summed E-state index contributed by atoms with van der Waals surface area (Å²) in [5.74, 6) is -0.595. The molecule has 10 nitrogen and oxygen atoms in total. The van der Waals surface area contributed by atoms with Crippen molar-refractivity contribution < 1.29 is 14.3 Å². The predicted molar refractivity (Wildman–Crippen MR) is 132 cm³/mol. The van der Waals surface area contributed by atoms with Gasteiger partial charge in [0, 0.05) is 23.7 Å². The van der Waals surface area contributed by atoms with Gasteiger partial charge in [0.2, 0.25) is 5.91 Å². The fourth-order valence-corrected chi connectivity index (χ4v) is 4.80. The summed E-state index contributed by atoms with van der Waals surface area (Å²) in [4.78, 5) is 26.4. The van der Waals surface area contributed by atoms with Crippen LogP contribution in [0.25, 0.3) is 5.82 Å². The third kappa shape index (κ3) is 5.41. The number of carbonyl (C=O) groups is 1. The number of amides is 1. The second-order valence-electron chi connectivity index (χ2n) is 9.84. The molecule has 0 aromatic carbocycles. The molecule has 4 aromatic heterocycles. The molecule has 0 radical (unpaired) electrons. The Labute approximate surface area is 213 Å². The zero-order chi connectivity index (χ0) is 26.2. The topological polar surface area (TPSA) is 134 Å². The van der Waals surface area contributed by atoms with Crippen molar-refractivity contribution in [1.29, 1.82) is 0 Å². The van der Waals surface area contributed by atoms with Crippen molar-refractivity contribution in [2.75, 3.05) is 0 Å². The Bertz CT molecular complexity index is 1420. The molecule has 11 heteroatoms. The Kier molecular flexibility index (Phi) is 6.55. The van der Waals surface area contributed by atoms with Crippen LogP contribution in [0.3, 0.4) is 0 Å². The first kappa shape index (κ1) is 24.7. The SMILES string of the molecule is Cc1cc(Cc2cc(C)[nH]n2)nc(C2(O)CCC(C(=O)N[C@@H](C)c3cnc(-n4cc(F)cn4)cn3)C2)c1. The van der Waals surface area contributed by atoms with Crippen molar-refractivity contribution in [3.63, 3.8) is 0 Å². The van der Waals surface area contributed by atoms with E-state index in [9.17, 15) is 14.3 Å². The molecule has 1 saturated carbocycles. The number of H-pyrrole nitrogens is 1. The number of nitrogens with zero attached hydrogens (tertiary/aromatic N) is 6. The summed E-state index contributed by atoms with van der Waals surface area (Å²) >= 11 is 0. The maximum atomic E-state index is 13.2. The molecule has 4 aromatic rings. The van der Waals surface area contributed by atoms with E-state index in [1.165, 1.54) is 23.3 Å². The molecular weight excluding hydrogens is 475 g/mol. The first-order chi connectivity index (χ1) is 17.7. The number of hydrogen-bond acceptors (Lipinski definition) is 7. The summed E-state index contributed by atoms with van der Waals surface area (Å²) < 4.78 is 14.5. The lowest BCUT2D eigenvalue weighted by atomic mass is 9.93. The smallest absolute Gasteiger partial charge is 0.223 e. The zero-order valence-electron chi connectivity index (χ0n) is 20.9. The van der Waals surface area contributed by atoms with Crippen molar-refractivity contribution in [1.82, 2.24) is 40.2 Å². The second kappa shape index (κ2) is 9.81. The predicted octanol–water partition coefficient (Wildman–Crippen LogP) is 2.99. The molecule has 3 N–H and O–H groups in total. The number of pyridine rings is 1. The van der Waals surface area contributed by atoms with E-state index in [2.05, 4.69) is 30.6 Å². The number of aromatic amines is 1. The van der Waals surface area contributed by atoms with Crippen LogP contribution in [0, 0.1) is 25.6 Å². The van der Waals surface area contributed by atoms with Crippen molar-refractivity contribution in [2.45, 2.75) is 58.1 Å². The van der Waals surface area contributed by atoms with Crippen molar-refractivity contribution >= 4 is 5.91 Å². The van der Waals surface area contributed by atoms with Crippen LogP contribution in [0.5, 0.6) is 0 Å². The quantitative estimate of drug-likeness (QED) is 0.352. The van der Waals surface area contributed by atoms with Gasteiger partial charge in [0.25, 0.3) is 0 Å². The Morgan fingerprint density at radius 3 is 2.76 bits per heavy atom. The largest absolute Gasteiger partial charge is 0.384 e. The van der Waals surface area contributed by atoms with Crippen LogP contribution in [-0.4, -0.2) is 45.9 Å². The summed E-state index contributed by atoms with van der Waals surface area (Å²) in [5.41, 5.74) is 3.69. The second-order valence-corrected chi connectivity index (χ2v) is 9.84. The van der Waals surface area contributed by atoms with Gasteiger partial charge in [-0.3, -0.25) is 19.9 Å². The highest BCUT2D eigenvalue weighted by Crippen LogP contribution is 2.42. The van der Waals surface area contributed by atoms with E-state index < -0.39 is 17.5 Å². The summed E-state index contributed by atoms with van der Waals surface area (Å²) in [6, 6.07) is 5.47. The van der Waals surface area contributed by atoms with Crippen molar-refractivity contribution in [3.8, 4) is 5.82 Å². The molecule has 0 bridgehead atoms. The zero-order valence-corrected chi connectivity index (χ0v) is 20.9. The third-order valence-corrected chi connectivity index (χ3v) is 6.73. The molecule has 4 heterocycles. The van der Waals surface area contributed by atoms with Crippen LogP contribution < -0.4 is 5.32 Å². The molecule has 37 heavy (non-hydrogen) atoms. The molecule has 0 saturated heterocycles. The Morgan fingerprint density at radius 2 is 2.08 bits per heavy atom. The molecule has 0 spiro atoms. The van der Waals surface area contributed by atoms with Gasteiger partial charge in [-0.25, -0.2) is 14.1 Å². The molecule has 2 unspecified atom stereocenters. The Morgan fingerprint density at radius 1 is 1.24 bits per heavy atom. The maximum absolute atomic E-state index is 13.2. The molecule has 1 aliphatic carbocycles. The van der Waals surface area contributed by atoms with Crippen LogP contribution in [0.2, 0.25) is 0 Å². The average Bonchev–Trinajstić information content (AvgIpc) is 3.59. The summed E-state index contributed by atoms with van der Waals surface area (Å²) in [6.45, 7) is 5.75. The van der Waals surface area contributed by atoms with Gasteiger partial charge in [-0.2, -0.15) is 10.2 Å². The third-order valence-electron chi connectivity index (χ3n) is 6.73. The minimum Gasteiger partial charge on any atom is -0.384 e. The fraction of sp³-hybridized carbons (Fsp3) is 0.385. The average molecular weight is 505 g/mol. The number of aromatic nitrogens is 7. The molecule has 1 aliphatic rings. The van der Waals surface area contributed by atoms with E-state index in [1.54, 1.807) is 0 Å². The highest BCUT2D eigenvalue weighted by atomic mass is 19.1. The number of nitrogens with one attached hydrogen (secondary N) is 2. The minimum absolute atomic E-state index is 0.150. The van der Waals surface area contributed by atoms with Crippen LogP contribution in [-0.2, 0) is 16.8 Å². The van der Waals surface area contributed by atoms with Crippen LogP contribution >= 0.6 is 0 Å². The van der Waals surface area contributed by atoms with Gasteiger partial charge in [-0.15, -0.1) is 0 Å². The highest BCUT2D eigenvalue weighted by Gasteiger charge is 2.43. The van der Waals surface area contributed by atoms with Crippen LogP contribution in [0.1, 0.15) is 66.3 Å². The van der Waals surface area contributed by atoms with Gasteiger partial charge >= 0.3 is 0 Å². The van der Waals surface area contributed by atoms with Crippen molar-refractivity contribution in [3.05, 3.63) is 82.8 Å². The summed E-state index contributed by atoms with van der Waals surface area (Å²) in [6.07, 6.45) is 7.16. The van der Waals surface area contributed by atoms with Gasteiger partial charge in [-0.1, -0.05) is 0 Å². The molecule has 5 rings (SSSR count). The molecule has 3 atom stereocenters. The Balaban J connectivity index is 1.23. The Hall–Kier alpha value is -3.99. The molecule has 1 fully saturated rings. The lowest BCUT2D eigenvalue weighted by Crippen LogP contribution is -2.33. The van der Waals surface area contributed by atoms with Gasteiger partial charge in [0.1, 0.15) is 5.60 Å².